The summed E-state index contributed by atoms with van der Waals surface area (Å²) in [7, 11) is 0. The lowest BCUT2D eigenvalue weighted by Crippen LogP contribution is -2.53. The van der Waals surface area contributed by atoms with Crippen LogP contribution >= 0.6 is 0 Å². The van der Waals surface area contributed by atoms with E-state index in [1.165, 1.54) is 12.4 Å². The summed E-state index contributed by atoms with van der Waals surface area (Å²) in [6, 6.07) is 8.76. The number of aliphatic hydroxyl groups excluding tert-OH is 1. The van der Waals surface area contributed by atoms with E-state index in [2.05, 4.69) is 15.0 Å². The first-order valence-electron chi connectivity index (χ1n) is 11.2. The number of nitrogens with zero attached hydrogens (tertiary/aromatic N) is 4. The number of nitrogens with two attached hydrogens (primary N) is 2. The van der Waals surface area contributed by atoms with Crippen molar-refractivity contribution >= 4 is 33.6 Å². The van der Waals surface area contributed by atoms with Gasteiger partial charge in [0.2, 0.25) is 0 Å². The van der Waals surface area contributed by atoms with Crippen molar-refractivity contribution in [3.05, 3.63) is 54.2 Å². The molecule has 10 heteroatoms. The second kappa shape index (κ2) is 7.08. The Morgan fingerprint density at radius 1 is 1.21 bits per heavy atom. The number of hydrogen-bond acceptors (Lipinski definition) is 8. The molecule has 4 heterocycles. The highest BCUT2D eigenvalue weighted by molar-refractivity contribution is 5.86. The number of nitrogen functional groups attached to an aromatic ring is 2. The molecule has 3 aromatic heterocycles. The highest BCUT2D eigenvalue weighted by atomic mass is 19.1. The molecule has 6 rings (SSSR count). The SMILES string of the molecule is C[C@]12O[C@@H](n3ccc4c(N)ncnc43)[C@H](O)[C@@]1(O)CC[C@H]2Cc1ccc2cc(F)c(N)nc2c1. The molecule has 0 bridgehead atoms. The van der Waals surface area contributed by atoms with E-state index >= 15 is 0 Å². The van der Waals surface area contributed by atoms with Crippen LogP contribution in [0.3, 0.4) is 0 Å². The molecule has 9 nitrogen and oxygen atoms in total. The second-order valence-electron chi connectivity index (χ2n) is 9.53. The summed E-state index contributed by atoms with van der Waals surface area (Å²) in [5.41, 5.74) is 11.3. The number of ether oxygens (including phenoxy) is 1. The van der Waals surface area contributed by atoms with Gasteiger partial charge in [-0.3, -0.25) is 0 Å². The maximum absolute atomic E-state index is 13.8. The number of rotatable bonds is 3. The van der Waals surface area contributed by atoms with Crippen LogP contribution in [-0.2, 0) is 11.2 Å². The minimum atomic E-state index is -1.43. The van der Waals surface area contributed by atoms with Gasteiger partial charge >= 0.3 is 0 Å². The van der Waals surface area contributed by atoms with E-state index in [0.717, 1.165) is 5.56 Å². The van der Waals surface area contributed by atoms with Crippen LogP contribution in [0.4, 0.5) is 16.0 Å². The molecule has 0 spiro atoms. The van der Waals surface area contributed by atoms with Crippen molar-refractivity contribution in [3.8, 4) is 0 Å². The molecule has 0 amide bonds. The summed E-state index contributed by atoms with van der Waals surface area (Å²) in [6.07, 6.45) is 2.78. The van der Waals surface area contributed by atoms with Gasteiger partial charge in [-0.05, 0) is 55.9 Å². The third-order valence-corrected chi connectivity index (χ3v) is 7.80. The fourth-order valence-electron chi connectivity index (χ4n) is 5.78. The Labute approximate surface area is 194 Å². The number of benzene rings is 1. The van der Waals surface area contributed by atoms with Crippen LogP contribution in [0, 0.1) is 11.7 Å². The lowest BCUT2D eigenvalue weighted by atomic mass is 9.78. The van der Waals surface area contributed by atoms with Gasteiger partial charge in [0.1, 0.15) is 35.1 Å². The van der Waals surface area contributed by atoms with Gasteiger partial charge in [0.25, 0.3) is 0 Å². The molecule has 5 atom stereocenters. The fourth-order valence-corrected chi connectivity index (χ4v) is 5.78. The second-order valence-corrected chi connectivity index (χ2v) is 9.53. The summed E-state index contributed by atoms with van der Waals surface area (Å²) < 4.78 is 21.9. The van der Waals surface area contributed by atoms with Crippen LogP contribution in [-0.4, -0.2) is 47.0 Å². The van der Waals surface area contributed by atoms with Gasteiger partial charge in [0.15, 0.2) is 17.9 Å². The van der Waals surface area contributed by atoms with Crippen LogP contribution < -0.4 is 11.5 Å². The molecule has 1 aliphatic heterocycles. The molecule has 6 N–H and O–H groups in total. The first kappa shape index (κ1) is 21.2. The summed E-state index contributed by atoms with van der Waals surface area (Å²) >= 11 is 0. The van der Waals surface area contributed by atoms with Crippen molar-refractivity contribution < 1.29 is 19.3 Å². The zero-order valence-corrected chi connectivity index (χ0v) is 18.5. The van der Waals surface area contributed by atoms with Gasteiger partial charge in [0.05, 0.1) is 10.9 Å². The number of pyridine rings is 1. The molecule has 1 aromatic carbocycles. The molecule has 1 saturated heterocycles. The highest BCUT2D eigenvalue weighted by Gasteiger charge is 2.68. The maximum atomic E-state index is 13.8. The average Bonchev–Trinajstić information content (AvgIpc) is 3.40. The Kier molecular flexibility index (Phi) is 4.42. The molecule has 176 valence electrons. The Balaban J connectivity index is 1.33. The zero-order chi connectivity index (χ0) is 23.8. The van der Waals surface area contributed by atoms with Crippen LogP contribution in [0.15, 0.2) is 42.9 Å². The molecular formula is C24H25FN6O3. The molecule has 0 radical (unpaired) electrons. The van der Waals surface area contributed by atoms with E-state index in [0.29, 0.717) is 47.0 Å². The van der Waals surface area contributed by atoms with E-state index < -0.39 is 29.4 Å². The number of anilines is 2. The summed E-state index contributed by atoms with van der Waals surface area (Å²) in [5.74, 6) is -0.420. The molecule has 2 fully saturated rings. The average molecular weight is 465 g/mol. The van der Waals surface area contributed by atoms with Crippen molar-refractivity contribution in [1.29, 1.82) is 0 Å². The van der Waals surface area contributed by atoms with Crippen molar-refractivity contribution in [1.82, 2.24) is 19.5 Å². The summed E-state index contributed by atoms with van der Waals surface area (Å²) in [4.78, 5) is 12.5. The smallest absolute Gasteiger partial charge is 0.165 e. The standard InChI is InChI=1S/C24H25FN6O3/c1-23-14(8-12-2-3-13-10-16(25)20(27)30-17(13)9-12)4-6-24(23,33)18(32)22(34-23)31-7-5-15-19(26)28-11-29-21(15)31/h2-3,5,7,9-11,14,18,22,32-33H,4,6,8H2,1H3,(H2,27,30)(H2,26,28,29)/t14-,18-,22+,23+,24-/m0/s1. The molecule has 2 aliphatic rings. The van der Waals surface area contributed by atoms with Gasteiger partial charge in [-0.2, -0.15) is 0 Å². The lowest BCUT2D eigenvalue weighted by molar-refractivity contribution is -0.137. The first-order chi connectivity index (χ1) is 16.2. The lowest BCUT2D eigenvalue weighted by Gasteiger charge is -2.36. The van der Waals surface area contributed by atoms with E-state index in [9.17, 15) is 14.6 Å². The van der Waals surface area contributed by atoms with E-state index in [1.54, 1.807) is 16.8 Å². The van der Waals surface area contributed by atoms with Crippen LogP contribution in [0.25, 0.3) is 21.9 Å². The predicted octanol–water partition coefficient (Wildman–Crippen LogP) is 2.32. The topological polar surface area (TPSA) is 145 Å². The van der Waals surface area contributed by atoms with Gasteiger partial charge in [-0.25, -0.2) is 19.3 Å². The molecular weight excluding hydrogens is 439 g/mol. The Morgan fingerprint density at radius 2 is 2.03 bits per heavy atom. The number of aliphatic hydroxyl groups is 2. The number of aromatic nitrogens is 4. The monoisotopic (exact) mass is 464 g/mol. The van der Waals surface area contributed by atoms with Crippen molar-refractivity contribution in [2.24, 2.45) is 5.92 Å². The number of halogens is 1. The summed E-state index contributed by atoms with van der Waals surface area (Å²) in [6.45, 7) is 1.86. The summed E-state index contributed by atoms with van der Waals surface area (Å²) in [5, 5.41) is 24.2. The van der Waals surface area contributed by atoms with E-state index in [4.69, 9.17) is 16.2 Å². The van der Waals surface area contributed by atoms with Crippen molar-refractivity contribution in [2.75, 3.05) is 11.5 Å². The van der Waals surface area contributed by atoms with Crippen molar-refractivity contribution in [3.63, 3.8) is 0 Å². The highest BCUT2D eigenvalue weighted by Crippen LogP contribution is 2.57. The fraction of sp³-hybridized carbons (Fsp3) is 0.375. The van der Waals surface area contributed by atoms with Gasteiger partial charge in [0, 0.05) is 11.6 Å². The largest absolute Gasteiger partial charge is 0.385 e. The Bertz CT molecular complexity index is 1440. The van der Waals surface area contributed by atoms with E-state index in [1.807, 2.05) is 25.1 Å². The molecule has 1 saturated carbocycles. The third kappa shape index (κ3) is 2.79. The third-order valence-electron chi connectivity index (χ3n) is 7.80. The maximum Gasteiger partial charge on any atom is 0.165 e. The van der Waals surface area contributed by atoms with Crippen LogP contribution in [0.1, 0.15) is 31.6 Å². The molecule has 1 aliphatic carbocycles. The molecule has 0 unspecified atom stereocenters. The number of hydrogen-bond donors (Lipinski definition) is 4. The Morgan fingerprint density at radius 3 is 2.85 bits per heavy atom. The number of fused-ring (bicyclic) bond motifs is 3. The Hall–Kier alpha value is -3.34. The zero-order valence-electron chi connectivity index (χ0n) is 18.5. The van der Waals surface area contributed by atoms with Gasteiger partial charge < -0.3 is 31.0 Å². The van der Waals surface area contributed by atoms with Gasteiger partial charge in [-0.1, -0.05) is 12.1 Å². The van der Waals surface area contributed by atoms with E-state index in [-0.39, 0.29) is 11.7 Å². The van der Waals surface area contributed by atoms with Crippen molar-refractivity contribution in [2.45, 2.75) is 49.7 Å². The first-order valence-corrected chi connectivity index (χ1v) is 11.2. The molecule has 34 heavy (non-hydrogen) atoms. The molecule has 4 aromatic rings. The normalized spacial score (nSPS) is 30.9. The van der Waals surface area contributed by atoms with Gasteiger partial charge in [-0.15, -0.1) is 0 Å². The minimum absolute atomic E-state index is 0.0751. The van der Waals surface area contributed by atoms with Crippen LogP contribution in [0.5, 0.6) is 0 Å². The van der Waals surface area contributed by atoms with Crippen LogP contribution in [0.2, 0.25) is 0 Å². The quantitative estimate of drug-likeness (QED) is 0.361. The predicted molar refractivity (Wildman–Crippen MR) is 124 cm³/mol. The minimum Gasteiger partial charge on any atom is -0.385 e.